The van der Waals surface area contributed by atoms with Crippen molar-refractivity contribution in [3.05, 3.63) is 70.3 Å². The summed E-state index contributed by atoms with van der Waals surface area (Å²) < 4.78 is 1.98. The van der Waals surface area contributed by atoms with Gasteiger partial charge in [-0.1, -0.05) is 47.1 Å². The van der Waals surface area contributed by atoms with Crippen LogP contribution in [0.25, 0.3) is 22.3 Å². The molecule has 0 unspecified atom stereocenters. The lowest BCUT2D eigenvalue weighted by Gasteiger charge is -2.07. The smallest absolute Gasteiger partial charge is 0.191 e. The van der Waals surface area contributed by atoms with Crippen LogP contribution >= 0.6 is 35.0 Å². The molecule has 0 saturated heterocycles. The molecule has 0 spiro atoms. The molecule has 4 nitrogen and oxygen atoms in total. The first-order valence-electron chi connectivity index (χ1n) is 7.94. The van der Waals surface area contributed by atoms with Crippen molar-refractivity contribution in [2.75, 3.05) is 0 Å². The fraction of sp³-hybridized carbons (Fsp3) is 0.105. The van der Waals surface area contributed by atoms with Gasteiger partial charge in [0.1, 0.15) is 0 Å². The number of hydrogen-bond donors (Lipinski definition) is 0. The van der Waals surface area contributed by atoms with Crippen molar-refractivity contribution >= 4 is 45.9 Å². The second-order valence-electron chi connectivity index (χ2n) is 5.76. The van der Waals surface area contributed by atoms with Gasteiger partial charge in [0.2, 0.25) is 0 Å². The number of aromatic nitrogens is 4. The van der Waals surface area contributed by atoms with Gasteiger partial charge in [-0.3, -0.25) is 4.98 Å². The van der Waals surface area contributed by atoms with Gasteiger partial charge in [-0.15, -0.1) is 10.2 Å². The number of rotatable bonds is 4. The van der Waals surface area contributed by atoms with Crippen LogP contribution < -0.4 is 0 Å². The minimum Gasteiger partial charge on any atom is -0.305 e. The highest BCUT2D eigenvalue weighted by atomic mass is 35.5. The summed E-state index contributed by atoms with van der Waals surface area (Å²) in [6.45, 7) is 0. The van der Waals surface area contributed by atoms with E-state index in [9.17, 15) is 0 Å². The highest BCUT2D eigenvalue weighted by Gasteiger charge is 2.14. The van der Waals surface area contributed by atoms with Crippen molar-refractivity contribution in [2.24, 2.45) is 7.05 Å². The van der Waals surface area contributed by atoms with Crippen LogP contribution in [0.1, 0.15) is 5.56 Å². The molecule has 2 aromatic carbocycles. The molecule has 2 aromatic heterocycles. The molecule has 0 bridgehead atoms. The average molecular weight is 401 g/mol. The Balaban J connectivity index is 1.61. The summed E-state index contributed by atoms with van der Waals surface area (Å²) in [5.74, 6) is 1.44. The molecule has 0 aliphatic heterocycles. The third-order valence-corrected chi connectivity index (χ3v) is 5.86. The van der Waals surface area contributed by atoms with Crippen molar-refractivity contribution in [1.29, 1.82) is 0 Å². The van der Waals surface area contributed by atoms with E-state index in [2.05, 4.69) is 21.2 Å². The fourth-order valence-electron chi connectivity index (χ4n) is 2.71. The predicted molar refractivity (Wildman–Crippen MR) is 108 cm³/mol. The third-order valence-electron chi connectivity index (χ3n) is 4.10. The minimum absolute atomic E-state index is 0.631. The number of thioether (sulfide) groups is 1. The summed E-state index contributed by atoms with van der Waals surface area (Å²) in [6.07, 6.45) is 1.79. The molecule has 0 amide bonds. The summed E-state index contributed by atoms with van der Waals surface area (Å²) in [5, 5.41) is 11.9. The van der Waals surface area contributed by atoms with Crippen molar-refractivity contribution in [1.82, 2.24) is 19.7 Å². The first-order chi connectivity index (χ1) is 12.6. The van der Waals surface area contributed by atoms with Crippen LogP contribution in [0.3, 0.4) is 0 Å². The largest absolute Gasteiger partial charge is 0.305 e. The molecular formula is C19H14Cl2N4S. The zero-order valence-electron chi connectivity index (χ0n) is 13.9. The Labute approximate surface area is 165 Å². The Hall–Kier alpha value is -2.08. The first-order valence-corrected chi connectivity index (χ1v) is 9.68. The molecule has 0 aliphatic carbocycles. The van der Waals surface area contributed by atoms with Gasteiger partial charge in [0.15, 0.2) is 11.0 Å². The Kier molecular flexibility index (Phi) is 4.85. The van der Waals surface area contributed by atoms with Crippen LogP contribution in [0.2, 0.25) is 10.0 Å². The number of hydrogen-bond acceptors (Lipinski definition) is 4. The summed E-state index contributed by atoms with van der Waals surface area (Å²) >= 11 is 14.0. The summed E-state index contributed by atoms with van der Waals surface area (Å²) in [5.41, 5.74) is 2.87. The number of benzene rings is 2. The Morgan fingerprint density at radius 1 is 1.00 bits per heavy atom. The summed E-state index contributed by atoms with van der Waals surface area (Å²) in [4.78, 5) is 4.35. The molecule has 26 heavy (non-hydrogen) atoms. The summed E-state index contributed by atoms with van der Waals surface area (Å²) in [6, 6.07) is 15.6. The maximum atomic E-state index is 6.25. The van der Waals surface area contributed by atoms with E-state index in [0.717, 1.165) is 33.0 Å². The van der Waals surface area contributed by atoms with Crippen LogP contribution in [0.4, 0.5) is 0 Å². The molecule has 0 radical (unpaired) electrons. The van der Waals surface area contributed by atoms with Gasteiger partial charge in [-0.2, -0.15) is 0 Å². The van der Waals surface area contributed by atoms with Gasteiger partial charge >= 0.3 is 0 Å². The highest BCUT2D eigenvalue weighted by molar-refractivity contribution is 7.98. The number of pyridine rings is 1. The van der Waals surface area contributed by atoms with Gasteiger partial charge in [0, 0.05) is 40.0 Å². The average Bonchev–Trinajstić information content (AvgIpc) is 3.01. The van der Waals surface area contributed by atoms with E-state index in [1.54, 1.807) is 18.0 Å². The van der Waals surface area contributed by atoms with E-state index in [1.807, 2.05) is 54.1 Å². The lowest BCUT2D eigenvalue weighted by Crippen LogP contribution is -1.95. The Morgan fingerprint density at radius 3 is 2.62 bits per heavy atom. The molecule has 7 heteroatoms. The standard InChI is InChI=1S/C19H14Cl2N4S/c1-25-18(13-7-8-17-12(10-13)4-3-9-22-17)23-24-19(25)26-11-14-15(20)5-2-6-16(14)21/h2-10H,11H2,1H3. The van der Waals surface area contributed by atoms with E-state index >= 15 is 0 Å². The molecule has 130 valence electrons. The van der Waals surface area contributed by atoms with E-state index in [0.29, 0.717) is 15.8 Å². The lowest BCUT2D eigenvalue weighted by atomic mass is 10.1. The quantitative estimate of drug-likeness (QED) is 0.416. The fourth-order valence-corrected chi connectivity index (χ4v) is 4.37. The van der Waals surface area contributed by atoms with Gasteiger partial charge < -0.3 is 4.57 Å². The normalized spacial score (nSPS) is 11.2. The van der Waals surface area contributed by atoms with Gasteiger partial charge in [0.25, 0.3) is 0 Å². The van der Waals surface area contributed by atoms with Crippen LogP contribution in [0, 0.1) is 0 Å². The molecular weight excluding hydrogens is 387 g/mol. The minimum atomic E-state index is 0.631. The van der Waals surface area contributed by atoms with Crippen molar-refractivity contribution in [3.63, 3.8) is 0 Å². The molecule has 0 atom stereocenters. The molecule has 0 N–H and O–H groups in total. The van der Waals surface area contributed by atoms with Gasteiger partial charge in [0.05, 0.1) is 5.52 Å². The third kappa shape index (κ3) is 3.30. The second kappa shape index (κ2) is 7.27. The number of nitrogens with zero attached hydrogens (tertiary/aromatic N) is 4. The topological polar surface area (TPSA) is 43.6 Å². The number of fused-ring (bicyclic) bond motifs is 1. The first kappa shape index (κ1) is 17.3. The Bertz CT molecular complexity index is 1070. The SMILES string of the molecule is Cn1c(SCc2c(Cl)cccc2Cl)nnc1-c1ccc2ncccc2c1. The van der Waals surface area contributed by atoms with Crippen molar-refractivity contribution < 1.29 is 0 Å². The van der Waals surface area contributed by atoms with Crippen LogP contribution in [0.15, 0.2) is 59.9 Å². The van der Waals surface area contributed by atoms with Gasteiger partial charge in [-0.25, -0.2) is 0 Å². The Morgan fingerprint density at radius 2 is 1.81 bits per heavy atom. The number of halogens is 2. The maximum absolute atomic E-state index is 6.25. The molecule has 4 aromatic rings. The van der Waals surface area contributed by atoms with Gasteiger partial charge in [-0.05, 0) is 42.0 Å². The lowest BCUT2D eigenvalue weighted by molar-refractivity contribution is 0.794. The molecule has 0 fully saturated rings. The second-order valence-corrected chi connectivity index (χ2v) is 7.52. The zero-order chi connectivity index (χ0) is 18.1. The molecule has 0 saturated carbocycles. The van der Waals surface area contributed by atoms with Crippen molar-refractivity contribution in [2.45, 2.75) is 10.9 Å². The monoisotopic (exact) mass is 400 g/mol. The van der Waals surface area contributed by atoms with Crippen molar-refractivity contribution in [3.8, 4) is 11.4 Å². The van der Waals surface area contributed by atoms with Crippen LogP contribution in [-0.2, 0) is 12.8 Å². The molecule has 2 heterocycles. The van der Waals surface area contributed by atoms with E-state index in [-0.39, 0.29) is 0 Å². The predicted octanol–water partition coefficient (Wildman–Crippen LogP) is 5.63. The van der Waals surface area contributed by atoms with E-state index < -0.39 is 0 Å². The molecule has 4 rings (SSSR count). The van der Waals surface area contributed by atoms with Crippen LogP contribution in [-0.4, -0.2) is 19.7 Å². The maximum Gasteiger partial charge on any atom is 0.191 e. The molecule has 0 aliphatic rings. The summed E-state index contributed by atoms with van der Waals surface area (Å²) in [7, 11) is 1.96. The highest BCUT2D eigenvalue weighted by Crippen LogP contribution is 2.32. The van der Waals surface area contributed by atoms with E-state index in [1.165, 1.54) is 0 Å². The van der Waals surface area contributed by atoms with E-state index in [4.69, 9.17) is 23.2 Å². The zero-order valence-corrected chi connectivity index (χ0v) is 16.2. The van der Waals surface area contributed by atoms with Crippen LogP contribution in [0.5, 0.6) is 0 Å².